The molecular formula is C18H22N4. The number of likely N-dealkylation sites (N-methyl/N-ethyl adjacent to an activating group) is 1. The molecule has 4 heteroatoms. The van der Waals surface area contributed by atoms with E-state index in [1.165, 1.54) is 5.56 Å². The van der Waals surface area contributed by atoms with Crippen LogP contribution in [0.4, 0.5) is 5.69 Å². The van der Waals surface area contributed by atoms with Crippen molar-refractivity contribution >= 4 is 16.7 Å². The number of benzene rings is 2. The van der Waals surface area contributed by atoms with Crippen molar-refractivity contribution in [2.24, 2.45) is 0 Å². The average Bonchev–Trinajstić information content (AvgIpc) is 2.86. The highest BCUT2D eigenvalue weighted by atomic mass is 15.1. The number of nitrogens with zero attached hydrogens (tertiary/aromatic N) is 3. The second-order valence-corrected chi connectivity index (χ2v) is 5.97. The molecule has 3 aromatic rings. The van der Waals surface area contributed by atoms with Gasteiger partial charge in [-0.15, -0.1) is 0 Å². The second kappa shape index (κ2) is 5.81. The molecule has 0 radical (unpaired) electrons. The van der Waals surface area contributed by atoms with Gasteiger partial charge in [-0.2, -0.15) is 0 Å². The summed E-state index contributed by atoms with van der Waals surface area (Å²) in [5.41, 5.74) is 11.2. The van der Waals surface area contributed by atoms with E-state index < -0.39 is 0 Å². The third kappa shape index (κ3) is 2.70. The number of nitrogen functional groups attached to an aromatic ring is 1. The number of imidazole rings is 1. The van der Waals surface area contributed by atoms with Gasteiger partial charge in [0.1, 0.15) is 11.3 Å². The maximum atomic E-state index is 6.11. The average molecular weight is 294 g/mol. The highest BCUT2D eigenvalue weighted by Gasteiger charge is 2.14. The Balaban J connectivity index is 2.16. The topological polar surface area (TPSA) is 47.1 Å². The quantitative estimate of drug-likeness (QED) is 0.752. The van der Waals surface area contributed by atoms with Gasteiger partial charge in [-0.3, -0.25) is 0 Å². The summed E-state index contributed by atoms with van der Waals surface area (Å²) < 4.78 is 2.26. The Hall–Kier alpha value is -2.33. The van der Waals surface area contributed by atoms with E-state index in [0.717, 1.165) is 41.2 Å². The van der Waals surface area contributed by atoms with Crippen LogP contribution in [0.1, 0.15) is 5.56 Å². The number of hydrogen-bond donors (Lipinski definition) is 1. The zero-order valence-corrected chi connectivity index (χ0v) is 13.4. The van der Waals surface area contributed by atoms with Gasteiger partial charge in [-0.05, 0) is 33.2 Å². The van der Waals surface area contributed by atoms with Gasteiger partial charge in [-0.25, -0.2) is 4.98 Å². The first-order valence-electron chi connectivity index (χ1n) is 7.53. The van der Waals surface area contributed by atoms with Gasteiger partial charge in [0.25, 0.3) is 0 Å². The van der Waals surface area contributed by atoms with Crippen molar-refractivity contribution in [1.29, 1.82) is 0 Å². The van der Waals surface area contributed by atoms with Crippen molar-refractivity contribution < 1.29 is 0 Å². The molecule has 1 heterocycles. The fourth-order valence-corrected chi connectivity index (χ4v) is 2.62. The van der Waals surface area contributed by atoms with Crippen molar-refractivity contribution in [1.82, 2.24) is 14.5 Å². The monoisotopic (exact) mass is 294 g/mol. The number of fused-ring (bicyclic) bond motifs is 1. The lowest BCUT2D eigenvalue weighted by Gasteiger charge is -2.13. The zero-order valence-electron chi connectivity index (χ0n) is 13.4. The van der Waals surface area contributed by atoms with Crippen LogP contribution in [0.25, 0.3) is 22.4 Å². The third-order valence-corrected chi connectivity index (χ3v) is 3.89. The summed E-state index contributed by atoms with van der Waals surface area (Å²) in [6.45, 7) is 3.94. The number of anilines is 1. The van der Waals surface area contributed by atoms with Crippen LogP contribution in [0.2, 0.25) is 0 Å². The number of nitrogens with two attached hydrogens (primary N) is 1. The van der Waals surface area contributed by atoms with E-state index in [1.54, 1.807) is 0 Å². The summed E-state index contributed by atoms with van der Waals surface area (Å²) in [4.78, 5) is 6.99. The molecule has 22 heavy (non-hydrogen) atoms. The standard InChI is InChI=1S/C18H22N4/c1-13-7-9-14(10-8-13)18-20-17-15(19)5-4-6-16(17)22(18)12-11-21(2)3/h4-10H,11-12,19H2,1-3H3. The van der Waals surface area contributed by atoms with Gasteiger partial charge < -0.3 is 15.2 Å². The summed E-state index contributed by atoms with van der Waals surface area (Å²) in [5, 5.41) is 0. The zero-order chi connectivity index (χ0) is 15.7. The molecule has 0 aliphatic carbocycles. The molecule has 0 amide bonds. The maximum Gasteiger partial charge on any atom is 0.141 e. The molecule has 2 N–H and O–H groups in total. The van der Waals surface area contributed by atoms with Gasteiger partial charge >= 0.3 is 0 Å². The Morgan fingerprint density at radius 2 is 1.82 bits per heavy atom. The lowest BCUT2D eigenvalue weighted by atomic mass is 10.1. The minimum atomic E-state index is 0.731. The molecule has 3 rings (SSSR count). The molecule has 0 unspecified atom stereocenters. The highest BCUT2D eigenvalue weighted by molar-refractivity contribution is 5.90. The molecule has 0 bridgehead atoms. The summed E-state index contributed by atoms with van der Waals surface area (Å²) >= 11 is 0. The first-order valence-corrected chi connectivity index (χ1v) is 7.53. The Labute approximate surface area is 131 Å². The Bertz CT molecular complexity index is 785. The largest absolute Gasteiger partial charge is 0.397 e. The van der Waals surface area contributed by atoms with Crippen molar-refractivity contribution in [2.45, 2.75) is 13.5 Å². The number of para-hydroxylation sites is 1. The SMILES string of the molecule is Cc1ccc(-c2nc3c(N)cccc3n2CCN(C)C)cc1. The predicted octanol–water partition coefficient (Wildman–Crippen LogP) is 3.16. The lowest BCUT2D eigenvalue weighted by molar-refractivity contribution is 0.387. The van der Waals surface area contributed by atoms with Gasteiger partial charge in [0.2, 0.25) is 0 Å². The Kier molecular flexibility index (Phi) is 3.86. The fourth-order valence-electron chi connectivity index (χ4n) is 2.62. The molecule has 114 valence electrons. The summed E-state index contributed by atoms with van der Waals surface area (Å²) in [5.74, 6) is 0.981. The van der Waals surface area contributed by atoms with E-state index in [-0.39, 0.29) is 0 Å². The van der Waals surface area contributed by atoms with Gasteiger partial charge in [0.05, 0.1) is 11.2 Å². The van der Waals surface area contributed by atoms with Crippen LogP contribution < -0.4 is 5.73 Å². The first-order chi connectivity index (χ1) is 10.6. The van der Waals surface area contributed by atoms with Crippen LogP contribution in [0.3, 0.4) is 0 Å². The van der Waals surface area contributed by atoms with Crippen LogP contribution in [0.5, 0.6) is 0 Å². The van der Waals surface area contributed by atoms with E-state index >= 15 is 0 Å². The predicted molar refractivity (Wildman–Crippen MR) is 92.9 cm³/mol. The maximum absolute atomic E-state index is 6.11. The smallest absolute Gasteiger partial charge is 0.141 e. The first kappa shape index (κ1) is 14.6. The van der Waals surface area contributed by atoms with Crippen LogP contribution in [0, 0.1) is 6.92 Å². The van der Waals surface area contributed by atoms with Crippen molar-refractivity contribution in [2.75, 3.05) is 26.4 Å². The molecular weight excluding hydrogens is 272 g/mol. The van der Waals surface area contributed by atoms with Crippen molar-refractivity contribution in [3.05, 3.63) is 48.0 Å². The Morgan fingerprint density at radius 1 is 1.09 bits per heavy atom. The summed E-state index contributed by atoms with van der Waals surface area (Å²) in [6.07, 6.45) is 0. The number of hydrogen-bond acceptors (Lipinski definition) is 3. The Morgan fingerprint density at radius 3 is 2.50 bits per heavy atom. The molecule has 0 atom stereocenters. The third-order valence-electron chi connectivity index (χ3n) is 3.89. The van der Waals surface area contributed by atoms with Crippen molar-refractivity contribution in [3.63, 3.8) is 0 Å². The molecule has 1 aromatic heterocycles. The molecule has 0 saturated carbocycles. The minimum absolute atomic E-state index is 0.731. The molecule has 2 aromatic carbocycles. The van der Waals surface area contributed by atoms with E-state index in [4.69, 9.17) is 10.7 Å². The van der Waals surface area contributed by atoms with E-state index in [1.807, 2.05) is 12.1 Å². The van der Waals surface area contributed by atoms with Gasteiger partial charge in [-0.1, -0.05) is 35.9 Å². The van der Waals surface area contributed by atoms with Crippen LogP contribution >= 0.6 is 0 Å². The highest BCUT2D eigenvalue weighted by Crippen LogP contribution is 2.28. The van der Waals surface area contributed by atoms with Crippen LogP contribution in [0.15, 0.2) is 42.5 Å². The van der Waals surface area contributed by atoms with E-state index in [2.05, 4.69) is 60.8 Å². The molecule has 0 saturated heterocycles. The minimum Gasteiger partial charge on any atom is -0.397 e. The lowest BCUT2D eigenvalue weighted by Crippen LogP contribution is -2.18. The number of rotatable bonds is 4. The molecule has 0 fully saturated rings. The van der Waals surface area contributed by atoms with Crippen molar-refractivity contribution in [3.8, 4) is 11.4 Å². The number of aromatic nitrogens is 2. The van der Waals surface area contributed by atoms with Crippen LogP contribution in [-0.2, 0) is 6.54 Å². The van der Waals surface area contributed by atoms with Crippen LogP contribution in [-0.4, -0.2) is 35.1 Å². The fraction of sp³-hybridized carbons (Fsp3) is 0.278. The summed E-state index contributed by atoms with van der Waals surface area (Å²) in [7, 11) is 4.16. The second-order valence-electron chi connectivity index (χ2n) is 5.97. The normalized spacial score (nSPS) is 11.5. The number of aryl methyl sites for hydroxylation is 1. The van der Waals surface area contributed by atoms with E-state index in [0.29, 0.717) is 0 Å². The molecule has 0 aliphatic heterocycles. The molecule has 0 spiro atoms. The van der Waals surface area contributed by atoms with E-state index in [9.17, 15) is 0 Å². The van der Waals surface area contributed by atoms with Gasteiger partial charge in [0, 0.05) is 18.7 Å². The molecule has 4 nitrogen and oxygen atoms in total. The molecule has 0 aliphatic rings. The van der Waals surface area contributed by atoms with Gasteiger partial charge in [0.15, 0.2) is 0 Å². The summed E-state index contributed by atoms with van der Waals surface area (Å²) in [6, 6.07) is 14.5.